The zero-order valence-corrected chi connectivity index (χ0v) is 17.3. The normalized spacial score (nSPS) is 16.1. The first kappa shape index (κ1) is 20.2. The van der Waals surface area contributed by atoms with Crippen molar-refractivity contribution in [1.29, 1.82) is 0 Å². The third-order valence-electron chi connectivity index (χ3n) is 5.22. The Hall–Kier alpha value is -3.13. The molecule has 1 saturated heterocycles. The summed E-state index contributed by atoms with van der Waals surface area (Å²) in [4.78, 5) is 35.6. The molecule has 30 heavy (non-hydrogen) atoms. The SMILES string of the molecule is Cc1nc(CC(=O)N2CCC[C@H]2C(N)=O)sc1-c1ccnc(-c2ccccc2F)c1. The van der Waals surface area contributed by atoms with E-state index in [1.165, 1.54) is 17.4 Å². The van der Waals surface area contributed by atoms with Crippen molar-refractivity contribution < 1.29 is 14.0 Å². The number of pyridine rings is 1. The number of hydrogen-bond acceptors (Lipinski definition) is 5. The molecule has 3 heterocycles. The number of likely N-dealkylation sites (tertiary alicyclic amines) is 1. The van der Waals surface area contributed by atoms with Crippen LogP contribution in [0.2, 0.25) is 0 Å². The molecule has 0 spiro atoms. The molecule has 1 aliphatic heterocycles. The Kier molecular flexibility index (Phi) is 5.59. The standard InChI is InChI=1S/C22H21FN4O2S/c1-13-21(14-8-9-25-17(11-14)15-5-2-3-6-16(15)23)30-19(26-13)12-20(28)27-10-4-7-18(27)22(24)29/h2-3,5-6,8-9,11,18H,4,7,10,12H2,1H3,(H2,24,29)/t18-/m0/s1. The largest absolute Gasteiger partial charge is 0.368 e. The topological polar surface area (TPSA) is 89.2 Å². The second-order valence-electron chi connectivity index (χ2n) is 7.26. The molecule has 8 heteroatoms. The summed E-state index contributed by atoms with van der Waals surface area (Å²) in [7, 11) is 0. The van der Waals surface area contributed by atoms with Gasteiger partial charge in [-0.25, -0.2) is 9.37 Å². The van der Waals surface area contributed by atoms with Gasteiger partial charge >= 0.3 is 0 Å². The maximum Gasteiger partial charge on any atom is 0.240 e. The van der Waals surface area contributed by atoms with Crippen molar-refractivity contribution >= 4 is 23.2 Å². The molecule has 6 nitrogen and oxygen atoms in total. The van der Waals surface area contributed by atoms with Crippen LogP contribution in [0.15, 0.2) is 42.6 Å². The smallest absolute Gasteiger partial charge is 0.240 e. The lowest BCUT2D eigenvalue weighted by molar-refractivity contribution is -0.136. The Balaban J connectivity index is 1.58. The van der Waals surface area contributed by atoms with Crippen LogP contribution in [0, 0.1) is 12.7 Å². The highest BCUT2D eigenvalue weighted by molar-refractivity contribution is 7.15. The molecule has 0 aliphatic carbocycles. The van der Waals surface area contributed by atoms with Gasteiger partial charge in [-0.05, 0) is 49.6 Å². The molecule has 2 aromatic heterocycles. The van der Waals surface area contributed by atoms with Crippen LogP contribution in [0.25, 0.3) is 21.7 Å². The molecule has 0 saturated carbocycles. The first-order valence-electron chi connectivity index (χ1n) is 9.70. The number of amides is 2. The number of halogens is 1. The van der Waals surface area contributed by atoms with Crippen LogP contribution in [0.3, 0.4) is 0 Å². The molecule has 154 valence electrons. The van der Waals surface area contributed by atoms with Gasteiger partial charge in [0.05, 0.1) is 22.7 Å². The summed E-state index contributed by atoms with van der Waals surface area (Å²) in [5.74, 6) is -0.934. The first-order valence-corrected chi connectivity index (χ1v) is 10.5. The number of nitrogens with zero attached hydrogens (tertiary/aromatic N) is 3. The van der Waals surface area contributed by atoms with E-state index < -0.39 is 11.9 Å². The number of primary amides is 1. The van der Waals surface area contributed by atoms with E-state index in [-0.39, 0.29) is 18.1 Å². The van der Waals surface area contributed by atoms with E-state index in [1.54, 1.807) is 29.3 Å². The van der Waals surface area contributed by atoms with Crippen molar-refractivity contribution in [3.63, 3.8) is 0 Å². The minimum absolute atomic E-state index is 0.126. The lowest BCUT2D eigenvalue weighted by Gasteiger charge is -2.21. The molecule has 0 radical (unpaired) electrons. The van der Waals surface area contributed by atoms with Crippen molar-refractivity contribution in [2.75, 3.05) is 6.54 Å². The van der Waals surface area contributed by atoms with Gasteiger partial charge in [-0.3, -0.25) is 14.6 Å². The summed E-state index contributed by atoms with van der Waals surface area (Å²) in [6.45, 7) is 2.42. The van der Waals surface area contributed by atoms with Crippen molar-refractivity contribution in [1.82, 2.24) is 14.9 Å². The average Bonchev–Trinajstić information content (AvgIpc) is 3.35. The summed E-state index contributed by atoms with van der Waals surface area (Å²) in [5, 5.41) is 0.673. The van der Waals surface area contributed by atoms with Gasteiger partial charge in [-0.2, -0.15) is 0 Å². The van der Waals surface area contributed by atoms with Crippen LogP contribution in [0.4, 0.5) is 4.39 Å². The molecule has 4 rings (SSSR count). The molecule has 1 aromatic carbocycles. The Morgan fingerprint density at radius 1 is 1.30 bits per heavy atom. The predicted octanol–water partition coefficient (Wildman–Crippen LogP) is 3.34. The van der Waals surface area contributed by atoms with Gasteiger partial charge in [0.15, 0.2) is 0 Å². The zero-order chi connectivity index (χ0) is 21.3. The Labute approximate surface area is 177 Å². The highest BCUT2D eigenvalue weighted by Gasteiger charge is 2.32. The van der Waals surface area contributed by atoms with Gasteiger partial charge in [0, 0.05) is 18.3 Å². The van der Waals surface area contributed by atoms with Crippen molar-refractivity contribution in [3.05, 3.63) is 59.1 Å². The molecule has 0 bridgehead atoms. The average molecular weight is 425 g/mol. The fraction of sp³-hybridized carbons (Fsp3) is 0.273. The molecule has 2 amide bonds. The van der Waals surface area contributed by atoms with Gasteiger partial charge in [0.2, 0.25) is 11.8 Å². The van der Waals surface area contributed by atoms with E-state index in [0.717, 1.165) is 22.6 Å². The lowest BCUT2D eigenvalue weighted by atomic mass is 10.1. The van der Waals surface area contributed by atoms with Crippen molar-refractivity contribution in [2.45, 2.75) is 32.2 Å². The number of aryl methyl sites for hydroxylation is 1. The molecular weight excluding hydrogens is 403 g/mol. The number of carbonyl (C=O) groups excluding carboxylic acids is 2. The van der Waals surface area contributed by atoms with Crippen LogP contribution in [0.5, 0.6) is 0 Å². The van der Waals surface area contributed by atoms with Crippen molar-refractivity contribution in [3.8, 4) is 21.7 Å². The molecule has 2 N–H and O–H groups in total. The maximum atomic E-state index is 14.1. The second-order valence-corrected chi connectivity index (χ2v) is 8.34. The molecule has 1 fully saturated rings. The number of rotatable bonds is 5. The molecule has 3 aromatic rings. The highest BCUT2D eigenvalue weighted by atomic mass is 32.1. The lowest BCUT2D eigenvalue weighted by Crippen LogP contribution is -2.44. The minimum atomic E-state index is -0.526. The minimum Gasteiger partial charge on any atom is -0.368 e. The molecule has 1 aliphatic rings. The number of benzene rings is 1. The van der Waals surface area contributed by atoms with Gasteiger partial charge in [-0.1, -0.05) is 12.1 Å². The van der Waals surface area contributed by atoms with Crippen LogP contribution in [-0.4, -0.2) is 39.3 Å². The summed E-state index contributed by atoms with van der Waals surface area (Å²) in [6, 6.07) is 9.66. The number of nitrogens with two attached hydrogens (primary N) is 1. The van der Waals surface area contributed by atoms with E-state index in [1.807, 2.05) is 19.1 Å². The van der Waals surface area contributed by atoms with E-state index in [9.17, 15) is 14.0 Å². The van der Waals surface area contributed by atoms with E-state index in [0.29, 0.717) is 29.2 Å². The summed E-state index contributed by atoms with van der Waals surface area (Å²) in [6.07, 6.45) is 3.15. The second kappa shape index (κ2) is 8.31. The van der Waals surface area contributed by atoms with Crippen LogP contribution in [-0.2, 0) is 16.0 Å². The first-order chi connectivity index (χ1) is 14.4. The van der Waals surface area contributed by atoms with Gasteiger partial charge in [0.25, 0.3) is 0 Å². The Morgan fingerprint density at radius 3 is 2.87 bits per heavy atom. The number of hydrogen-bond donors (Lipinski definition) is 1. The van der Waals surface area contributed by atoms with Crippen LogP contribution < -0.4 is 5.73 Å². The van der Waals surface area contributed by atoms with E-state index in [4.69, 9.17) is 5.73 Å². The van der Waals surface area contributed by atoms with Gasteiger partial charge in [-0.15, -0.1) is 11.3 Å². The fourth-order valence-corrected chi connectivity index (χ4v) is 4.83. The van der Waals surface area contributed by atoms with Gasteiger partial charge < -0.3 is 10.6 Å². The summed E-state index contributed by atoms with van der Waals surface area (Å²) >= 11 is 1.42. The monoisotopic (exact) mass is 424 g/mol. The van der Waals surface area contributed by atoms with E-state index >= 15 is 0 Å². The fourth-order valence-electron chi connectivity index (χ4n) is 3.78. The highest BCUT2D eigenvalue weighted by Crippen LogP contribution is 2.33. The third-order valence-corrected chi connectivity index (χ3v) is 6.42. The Morgan fingerprint density at radius 2 is 2.10 bits per heavy atom. The molecular formula is C22H21FN4O2S. The maximum absolute atomic E-state index is 14.1. The van der Waals surface area contributed by atoms with Crippen LogP contribution in [0.1, 0.15) is 23.5 Å². The third kappa shape index (κ3) is 3.95. The quantitative estimate of drug-likeness (QED) is 0.680. The van der Waals surface area contributed by atoms with E-state index in [2.05, 4.69) is 9.97 Å². The zero-order valence-electron chi connectivity index (χ0n) is 16.5. The predicted molar refractivity (Wildman–Crippen MR) is 113 cm³/mol. The number of aromatic nitrogens is 2. The summed E-state index contributed by atoms with van der Waals surface area (Å²) < 4.78 is 14.1. The Bertz CT molecular complexity index is 1110. The summed E-state index contributed by atoms with van der Waals surface area (Å²) in [5.41, 5.74) is 8.05. The number of carbonyl (C=O) groups is 2. The number of thiazole rings is 1. The molecule has 0 unspecified atom stereocenters. The molecule has 1 atom stereocenters. The van der Waals surface area contributed by atoms with Crippen molar-refractivity contribution in [2.24, 2.45) is 5.73 Å². The van der Waals surface area contributed by atoms with Gasteiger partial charge in [0.1, 0.15) is 16.9 Å². The van der Waals surface area contributed by atoms with Crippen LogP contribution >= 0.6 is 11.3 Å².